The number of amides is 1. The number of nitrogen functional groups attached to an aromatic ring is 1. The maximum atomic E-state index is 12.4. The molecule has 1 aromatic carbocycles. The Labute approximate surface area is 123 Å². The molecule has 0 aromatic heterocycles. The summed E-state index contributed by atoms with van der Waals surface area (Å²) in [5.41, 5.74) is 6.81. The molecule has 1 saturated heterocycles. The number of nitrogens with two attached hydrogens (primary N) is 1. The summed E-state index contributed by atoms with van der Waals surface area (Å²) in [5, 5.41) is 0.654. The van der Waals surface area contributed by atoms with Crippen molar-refractivity contribution in [3.63, 3.8) is 0 Å². The Hall–Kier alpha value is -0.930. The van der Waals surface area contributed by atoms with Gasteiger partial charge in [-0.15, -0.1) is 0 Å². The first-order chi connectivity index (χ1) is 8.80. The Morgan fingerprint density at radius 1 is 1.21 bits per heavy atom. The summed E-state index contributed by atoms with van der Waals surface area (Å²) in [5.74, 6) is -0.0284. The molecule has 5 heteroatoms. The van der Waals surface area contributed by atoms with Gasteiger partial charge in [-0.3, -0.25) is 4.79 Å². The fourth-order valence-corrected chi connectivity index (χ4v) is 2.69. The van der Waals surface area contributed by atoms with Gasteiger partial charge in [-0.25, -0.2) is 0 Å². The second-order valence-electron chi connectivity index (χ2n) is 5.81. The van der Waals surface area contributed by atoms with E-state index in [1.54, 1.807) is 12.1 Å². The van der Waals surface area contributed by atoms with E-state index in [9.17, 15) is 4.79 Å². The highest BCUT2D eigenvalue weighted by Crippen LogP contribution is 2.32. The van der Waals surface area contributed by atoms with Gasteiger partial charge in [-0.1, -0.05) is 37.0 Å². The lowest BCUT2D eigenvalue weighted by Gasteiger charge is -2.37. The zero-order chi connectivity index (χ0) is 14.2. The molecule has 0 saturated carbocycles. The van der Waals surface area contributed by atoms with E-state index in [1.165, 1.54) is 0 Å². The van der Waals surface area contributed by atoms with Crippen molar-refractivity contribution in [2.24, 2.45) is 5.41 Å². The number of benzene rings is 1. The van der Waals surface area contributed by atoms with E-state index >= 15 is 0 Å². The summed E-state index contributed by atoms with van der Waals surface area (Å²) < 4.78 is 0. The van der Waals surface area contributed by atoms with Crippen LogP contribution in [0.3, 0.4) is 0 Å². The van der Waals surface area contributed by atoms with Crippen molar-refractivity contribution in [3.05, 3.63) is 27.7 Å². The standard InChI is InChI=1S/C14H18Cl2N2O/c1-14(2)3-5-18(6-4-14)13(19)9-7-10(15)12(17)11(16)8-9/h7-8H,3-6,17H2,1-2H3. The molecule has 1 amide bonds. The number of hydrogen-bond acceptors (Lipinski definition) is 2. The average Bonchev–Trinajstić information content (AvgIpc) is 2.34. The van der Waals surface area contributed by atoms with Crippen LogP contribution in [0.4, 0.5) is 5.69 Å². The van der Waals surface area contributed by atoms with E-state index in [2.05, 4.69) is 13.8 Å². The average molecular weight is 301 g/mol. The molecule has 1 heterocycles. The van der Waals surface area contributed by atoms with Gasteiger partial charge in [0.1, 0.15) is 0 Å². The molecule has 0 spiro atoms. The summed E-state index contributed by atoms with van der Waals surface area (Å²) in [6, 6.07) is 3.18. The molecule has 19 heavy (non-hydrogen) atoms. The largest absolute Gasteiger partial charge is 0.396 e. The first-order valence-electron chi connectivity index (χ1n) is 6.34. The van der Waals surface area contributed by atoms with Gasteiger partial charge in [-0.2, -0.15) is 0 Å². The van der Waals surface area contributed by atoms with Gasteiger partial charge in [0.05, 0.1) is 15.7 Å². The minimum absolute atomic E-state index is 0.0284. The third-order valence-electron chi connectivity index (χ3n) is 3.73. The van der Waals surface area contributed by atoms with E-state index in [0.717, 1.165) is 25.9 Å². The van der Waals surface area contributed by atoms with Crippen molar-refractivity contribution in [2.75, 3.05) is 18.8 Å². The predicted molar refractivity (Wildman–Crippen MR) is 79.8 cm³/mol. The number of halogens is 2. The van der Waals surface area contributed by atoms with Crippen LogP contribution in [0.25, 0.3) is 0 Å². The fraction of sp³-hybridized carbons (Fsp3) is 0.500. The van der Waals surface area contributed by atoms with Crippen LogP contribution in [-0.4, -0.2) is 23.9 Å². The number of carbonyl (C=O) groups excluding carboxylic acids is 1. The second kappa shape index (κ2) is 5.22. The van der Waals surface area contributed by atoms with Gasteiger partial charge >= 0.3 is 0 Å². The highest BCUT2D eigenvalue weighted by atomic mass is 35.5. The lowest BCUT2D eigenvalue weighted by atomic mass is 9.82. The van der Waals surface area contributed by atoms with Gasteiger partial charge in [0.15, 0.2) is 0 Å². The van der Waals surface area contributed by atoms with Crippen LogP contribution in [0.5, 0.6) is 0 Å². The van der Waals surface area contributed by atoms with Crippen molar-refractivity contribution in [1.82, 2.24) is 4.90 Å². The number of anilines is 1. The van der Waals surface area contributed by atoms with Crippen LogP contribution < -0.4 is 5.73 Å². The van der Waals surface area contributed by atoms with Crippen LogP contribution in [0.1, 0.15) is 37.0 Å². The Balaban J connectivity index is 2.17. The summed E-state index contributed by atoms with van der Waals surface area (Å²) in [4.78, 5) is 14.2. The monoisotopic (exact) mass is 300 g/mol. The first kappa shape index (κ1) is 14.5. The molecular formula is C14H18Cl2N2O. The zero-order valence-electron chi connectivity index (χ0n) is 11.2. The molecule has 2 rings (SSSR count). The molecule has 1 aliphatic heterocycles. The normalized spacial score (nSPS) is 18.4. The van der Waals surface area contributed by atoms with E-state index < -0.39 is 0 Å². The van der Waals surface area contributed by atoms with Crippen LogP contribution in [0.15, 0.2) is 12.1 Å². The van der Waals surface area contributed by atoms with Gasteiger partial charge in [0.25, 0.3) is 5.91 Å². The minimum atomic E-state index is -0.0284. The van der Waals surface area contributed by atoms with Crippen LogP contribution in [0, 0.1) is 5.41 Å². The smallest absolute Gasteiger partial charge is 0.253 e. The first-order valence-corrected chi connectivity index (χ1v) is 7.09. The molecule has 104 valence electrons. The quantitative estimate of drug-likeness (QED) is 0.801. The van der Waals surface area contributed by atoms with E-state index in [-0.39, 0.29) is 5.91 Å². The van der Waals surface area contributed by atoms with Gasteiger partial charge in [0, 0.05) is 18.7 Å². The van der Waals surface area contributed by atoms with Gasteiger partial charge in [-0.05, 0) is 30.4 Å². The van der Waals surface area contributed by atoms with Crippen LogP contribution >= 0.6 is 23.2 Å². The maximum Gasteiger partial charge on any atom is 0.253 e. The third-order valence-corrected chi connectivity index (χ3v) is 4.36. The van der Waals surface area contributed by atoms with E-state index in [0.29, 0.717) is 26.7 Å². The Morgan fingerprint density at radius 2 is 1.68 bits per heavy atom. The number of nitrogens with zero attached hydrogens (tertiary/aromatic N) is 1. The number of carbonyl (C=O) groups is 1. The molecule has 2 N–H and O–H groups in total. The van der Waals surface area contributed by atoms with E-state index in [4.69, 9.17) is 28.9 Å². The molecule has 1 aromatic rings. The molecule has 3 nitrogen and oxygen atoms in total. The topological polar surface area (TPSA) is 46.3 Å². The fourth-order valence-electron chi connectivity index (χ4n) is 2.21. The molecule has 0 atom stereocenters. The lowest BCUT2D eigenvalue weighted by Crippen LogP contribution is -2.41. The number of piperidine rings is 1. The van der Waals surface area contributed by atoms with Crippen LogP contribution in [0.2, 0.25) is 10.0 Å². The number of rotatable bonds is 1. The number of hydrogen-bond donors (Lipinski definition) is 1. The molecule has 1 aliphatic rings. The summed E-state index contributed by atoms with van der Waals surface area (Å²) >= 11 is 11.9. The van der Waals surface area contributed by atoms with Gasteiger partial charge < -0.3 is 10.6 Å². The molecule has 0 unspecified atom stereocenters. The Bertz CT molecular complexity index is 481. The second-order valence-corrected chi connectivity index (χ2v) is 6.62. The molecule has 0 aliphatic carbocycles. The highest BCUT2D eigenvalue weighted by Gasteiger charge is 2.28. The van der Waals surface area contributed by atoms with E-state index in [1.807, 2.05) is 4.90 Å². The van der Waals surface area contributed by atoms with Crippen molar-refractivity contribution in [1.29, 1.82) is 0 Å². The summed E-state index contributed by atoms with van der Waals surface area (Å²) in [6.45, 7) is 5.99. The Kier molecular flexibility index (Phi) is 3.98. The number of likely N-dealkylation sites (tertiary alicyclic amines) is 1. The van der Waals surface area contributed by atoms with Crippen molar-refractivity contribution >= 4 is 34.8 Å². The summed E-state index contributed by atoms with van der Waals surface area (Å²) in [7, 11) is 0. The third kappa shape index (κ3) is 3.15. The molecule has 0 bridgehead atoms. The molecule has 0 radical (unpaired) electrons. The Morgan fingerprint density at radius 3 is 2.16 bits per heavy atom. The minimum Gasteiger partial charge on any atom is -0.396 e. The summed E-state index contributed by atoms with van der Waals surface area (Å²) in [6.07, 6.45) is 2.02. The highest BCUT2D eigenvalue weighted by molar-refractivity contribution is 6.39. The maximum absolute atomic E-state index is 12.4. The molecule has 1 fully saturated rings. The zero-order valence-corrected chi connectivity index (χ0v) is 12.7. The predicted octanol–water partition coefficient (Wildman–Crippen LogP) is 3.84. The molecular weight excluding hydrogens is 283 g/mol. The van der Waals surface area contributed by atoms with Gasteiger partial charge in [0.2, 0.25) is 0 Å². The van der Waals surface area contributed by atoms with Crippen molar-refractivity contribution < 1.29 is 4.79 Å². The van der Waals surface area contributed by atoms with Crippen LogP contribution in [-0.2, 0) is 0 Å². The lowest BCUT2D eigenvalue weighted by molar-refractivity contribution is 0.0630. The van der Waals surface area contributed by atoms with Crippen molar-refractivity contribution in [3.8, 4) is 0 Å². The van der Waals surface area contributed by atoms with Crippen molar-refractivity contribution in [2.45, 2.75) is 26.7 Å². The SMILES string of the molecule is CC1(C)CCN(C(=O)c2cc(Cl)c(N)c(Cl)c2)CC1.